The van der Waals surface area contributed by atoms with Gasteiger partial charge in [-0.25, -0.2) is 4.79 Å². The van der Waals surface area contributed by atoms with E-state index in [1.807, 2.05) is 48.7 Å². The van der Waals surface area contributed by atoms with Gasteiger partial charge < -0.3 is 14.8 Å². The Hall–Kier alpha value is -3.39. The van der Waals surface area contributed by atoms with Crippen LogP contribution in [0.1, 0.15) is 11.1 Å². The molecule has 0 atom stereocenters. The number of nitrogens with zero attached hydrogens (tertiary/aromatic N) is 1. The van der Waals surface area contributed by atoms with Gasteiger partial charge in [-0.2, -0.15) is 0 Å². The lowest BCUT2D eigenvalue weighted by Crippen LogP contribution is -2.22. The average Bonchev–Trinajstić information content (AvgIpc) is 3.23. The summed E-state index contributed by atoms with van der Waals surface area (Å²) in [5, 5.41) is 12.1. The van der Waals surface area contributed by atoms with Gasteiger partial charge in [-0.15, -0.1) is 16.5 Å². The molecule has 4 rings (SSSR count). The normalized spacial score (nSPS) is 11.2. The molecule has 0 fully saturated rings. The lowest BCUT2D eigenvalue weighted by atomic mass is 9.94. The number of methoxy groups -OCH3 is 1. The van der Waals surface area contributed by atoms with Crippen LogP contribution in [-0.2, 0) is 6.42 Å². The molecule has 4 aromatic rings. The monoisotopic (exact) mass is 426 g/mol. The van der Waals surface area contributed by atoms with E-state index >= 15 is 0 Å². The SMILES string of the molecule is COc1cc(C)c2[nH]c(=O)c3sccc3c2c1-c1ccc(CCN(F)C(=O)O)cc1. The lowest BCUT2D eigenvalue weighted by molar-refractivity contribution is 0.0329. The fraction of sp³-hybridized carbons (Fsp3) is 0.182. The first kappa shape index (κ1) is 19.9. The van der Waals surface area contributed by atoms with Gasteiger partial charge in [-0.1, -0.05) is 28.7 Å². The number of aromatic nitrogens is 1. The summed E-state index contributed by atoms with van der Waals surface area (Å²) in [4.78, 5) is 26.1. The van der Waals surface area contributed by atoms with Gasteiger partial charge in [0.05, 0.1) is 19.2 Å². The zero-order valence-electron chi connectivity index (χ0n) is 16.4. The van der Waals surface area contributed by atoms with Crippen molar-refractivity contribution in [2.45, 2.75) is 13.3 Å². The van der Waals surface area contributed by atoms with E-state index in [-0.39, 0.29) is 23.6 Å². The van der Waals surface area contributed by atoms with Crippen LogP contribution in [0.2, 0.25) is 0 Å². The molecule has 0 saturated heterocycles. The van der Waals surface area contributed by atoms with Gasteiger partial charge in [-0.3, -0.25) is 4.79 Å². The van der Waals surface area contributed by atoms with Gasteiger partial charge in [0.2, 0.25) is 0 Å². The van der Waals surface area contributed by atoms with Crippen LogP contribution in [0, 0.1) is 6.92 Å². The van der Waals surface area contributed by atoms with Crippen molar-refractivity contribution in [3.05, 3.63) is 63.3 Å². The Morgan fingerprint density at radius 1 is 1.27 bits per heavy atom. The highest BCUT2D eigenvalue weighted by molar-refractivity contribution is 7.17. The van der Waals surface area contributed by atoms with Crippen LogP contribution in [0.5, 0.6) is 5.75 Å². The molecule has 0 unspecified atom stereocenters. The van der Waals surface area contributed by atoms with Crippen molar-refractivity contribution >= 4 is 38.4 Å². The number of thiophene rings is 1. The average molecular weight is 426 g/mol. The minimum Gasteiger partial charge on any atom is -0.496 e. The Labute approximate surface area is 175 Å². The van der Waals surface area contributed by atoms with E-state index in [1.54, 1.807) is 7.11 Å². The predicted octanol–water partition coefficient (Wildman–Crippen LogP) is 5.13. The standard InChI is InChI=1S/C22H19FN2O4S/c1-12-11-16(29-2)17(18-15-8-10-30-20(15)21(26)24-19(12)18)14-5-3-13(4-6-14)7-9-25(23)22(27)28/h3-6,8,10-11H,7,9H2,1-2H3,(H,24,26)(H,27,28). The van der Waals surface area contributed by atoms with E-state index in [0.717, 1.165) is 38.5 Å². The summed E-state index contributed by atoms with van der Waals surface area (Å²) >= 11 is 1.39. The van der Waals surface area contributed by atoms with Crippen molar-refractivity contribution in [3.63, 3.8) is 0 Å². The Morgan fingerprint density at radius 2 is 2.00 bits per heavy atom. The van der Waals surface area contributed by atoms with Crippen LogP contribution in [0.25, 0.3) is 32.1 Å². The third-order valence-electron chi connectivity index (χ3n) is 5.13. The van der Waals surface area contributed by atoms with E-state index in [1.165, 1.54) is 11.3 Å². The Balaban J connectivity index is 1.86. The first-order valence-corrected chi connectivity index (χ1v) is 10.1. The zero-order valence-corrected chi connectivity index (χ0v) is 17.2. The van der Waals surface area contributed by atoms with Crippen molar-refractivity contribution in [1.82, 2.24) is 10.1 Å². The number of halogens is 1. The van der Waals surface area contributed by atoms with Crippen molar-refractivity contribution in [1.29, 1.82) is 0 Å². The molecule has 154 valence electrons. The van der Waals surface area contributed by atoms with E-state index < -0.39 is 6.09 Å². The maximum Gasteiger partial charge on any atom is 0.435 e. The summed E-state index contributed by atoms with van der Waals surface area (Å²) in [5.74, 6) is 0.688. The number of rotatable bonds is 5. The summed E-state index contributed by atoms with van der Waals surface area (Å²) in [6.45, 7) is 1.69. The predicted molar refractivity (Wildman–Crippen MR) is 116 cm³/mol. The van der Waals surface area contributed by atoms with Crippen LogP contribution >= 0.6 is 11.3 Å². The Kier molecular flexibility index (Phi) is 5.17. The third-order valence-corrected chi connectivity index (χ3v) is 6.05. The molecule has 2 aromatic heterocycles. The molecule has 0 aliphatic rings. The number of ether oxygens (including phenoxy) is 1. The van der Waals surface area contributed by atoms with Gasteiger partial charge in [0.15, 0.2) is 0 Å². The number of aromatic amines is 1. The molecule has 0 aliphatic heterocycles. The fourth-order valence-electron chi connectivity index (χ4n) is 3.68. The number of hydrogen-bond donors (Lipinski definition) is 2. The summed E-state index contributed by atoms with van der Waals surface area (Å²) in [6, 6.07) is 11.3. The quantitative estimate of drug-likeness (QED) is 0.433. The second-order valence-electron chi connectivity index (χ2n) is 6.95. The number of fused-ring (bicyclic) bond motifs is 3. The van der Waals surface area contributed by atoms with E-state index in [9.17, 15) is 14.1 Å². The van der Waals surface area contributed by atoms with E-state index in [2.05, 4.69) is 4.98 Å². The zero-order chi connectivity index (χ0) is 21.4. The molecule has 0 spiro atoms. The van der Waals surface area contributed by atoms with Gasteiger partial charge in [0, 0.05) is 16.3 Å². The summed E-state index contributed by atoms with van der Waals surface area (Å²) in [6.07, 6.45) is -1.34. The second kappa shape index (κ2) is 7.79. The topological polar surface area (TPSA) is 82.6 Å². The molecule has 2 N–H and O–H groups in total. The molecular formula is C22H19FN2O4S. The van der Waals surface area contributed by atoms with Crippen LogP contribution in [-0.4, -0.2) is 35.0 Å². The van der Waals surface area contributed by atoms with Crippen LogP contribution in [0.4, 0.5) is 9.28 Å². The van der Waals surface area contributed by atoms with Crippen molar-refractivity contribution in [2.75, 3.05) is 13.7 Å². The number of nitrogens with one attached hydrogen (secondary N) is 1. The lowest BCUT2D eigenvalue weighted by Gasteiger charge is -2.16. The fourth-order valence-corrected chi connectivity index (χ4v) is 4.47. The van der Waals surface area contributed by atoms with Gasteiger partial charge in [0.25, 0.3) is 5.56 Å². The number of pyridine rings is 1. The molecule has 0 aliphatic carbocycles. The number of carbonyl (C=O) groups is 1. The van der Waals surface area contributed by atoms with Crippen LogP contribution in [0.3, 0.4) is 0 Å². The number of hydrogen-bond acceptors (Lipinski definition) is 4. The van der Waals surface area contributed by atoms with Gasteiger partial charge in [0.1, 0.15) is 10.4 Å². The summed E-state index contributed by atoms with van der Waals surface area (Å²) in [5.41, 5.74) is 4.12. The summed E-state index contributed by atoms with van der Waals surface area (Å²) in [7, 11) is 1.61. The Morgan fingerprint density at radius 3 is 2.67 bits per heavy atom. The maximum atomic E-state index is 13.2. The molecule has 1 amide bonds. The summed E-state index contributed by atoms with van der Waals surface area (Å²) < 4.78 is 19.5. The number of H-pyrrole nitrogens is 1. The molecule has 0 saturated carbocycles. The van der Waals surface area contributed by atoms with Gasteiger partial charge in [-0.05, 0) is 47.5 Å². The number of aryl methyl sites for hydroxylation is 1. The van der Waals surface area contributed by atoms with E-state index in [4.69, 9.17) is 9.84 Å². The minimum atomic E-state index is -1.60. The first-order chi connectivity index (χ1) is 14.4. The van der Waals surface area contributed by atoms with Crippen LogP contribution in [0.15, 0.2) is 46.6 Å². The maximum absolute atomic E-state index is 13.2. The van der Waals surface area contributed by atoms with E-state index in [0.29, 0.717) is 10.4 Å². The third kappa shape index (κ3) is 3.39. The highest BCUT2D eigenvalue weighted by atomic mass is 32.1. The molecule has 6 nitrogen and oxygen atoms in total. The largest absolute Gasteiger partial charge is 0.496 e. The molecule has 2 heterocycles. The van der Waals surface area contributed by atoms with Crippen molar-refractivity contribution < 1.29 is 19.1 Å². The first-order valence-electron chi connectivity index (χ1n) is 9.27. The molecule has 0 bridgehead atoms. The Bertz CT molecular complexity index is 1310. The second-order valence-corrected chi connectivity index (χ2v) is 7.87. The van der Waals surface area contributed by atoms with Crippen molar-refractivity contribution in [2.24, 2.45) is 0 Å². The molecule has 30 heavy (non-hydrogen) atoms. The highest BCUT2D eigenvalue weighted by Gasteiger charge is 2.18. The number of carboxylic acid groups (broad SMARTS) is 1. The van der Waals surface area contributed by atoms with Gasteiger partial charge >= 0.3 is 6.09 Å². The molecular weight excluding hydrogens is 407 g/mol. The van der Waals surface area contributed by atoms with Crippen molar-refractivity contribution in [3.8, 4) is 16.9 Å². The number of benzene rings is 2. The molecule has 2 aromatic carbocycles. The smallest absolute Gasteiger partial charge is 0.435 e. The molecule has 8 heteroatoms. The highest BCUT2D eigenvalue weighted by Crippen LogP contribution is 2.41. The molecule has 0 radical (unpaired) electrons. The number of amides is 1. The minimum absolute atomic E-state index is 0.115. The van der Waals surface area contributed by atoms with Crippen LogP contribution < -0.4 is 10.3 Å².